The highest BCUT2D eigenvalue weighted by Crippen LogP contribution is 2.24. The van der Waals surface area contributed by atoms with Crippen LogP contribution in [0.1, 0.15) is 32.8 Å². The van der Waals surface area contributed by atoms with Crippen molar-refractivity contribution in [3.63, 3.8) is 0 Å². The lowest BCUT2D eigenvalue weighted by molar-refractivity contribution is 0.375. The van der Waals surface area contributed by atoms with E-state index in [1.165, 1.54) is 0 Å². The second-order valence-electron chi connectivity index (χ2n) is 4.80. The Labute approximate surface area is 100 Å². The number of hydrogen-bond donors (Lipinski definition) is 1. The highest BCUT2D eigenvalue weighted by atomic mass is 19.1. The fourth-order valence-corrected chi connectivity index (χ4v) is 1.26. The van der Waals surface area contributed by atoms with Gasteiger partial charge >= 0.3 is 0 Å². The zero-order valence-electron chi connectivity index (χ0n) is 10.3. The Hall–Kier alpha value is -1.63. The molecule has 0 aromatic heterocycles. The quantitative estimate of drug-likeness (QED) is 0.868. The molecule has 0 atom stereocenters. The minimum absolute atomic E-state index is 0.0136. The van der Waals surface area contributed by atoms with Gasteiger partial charge in [0.1, 0.15) is 5.69 Å². The molecule has 0 bridgehead atoms. The Kier molecular flexibility index (Phi) is 4.06. The van der Waals surface area contributed by atoms with Crippen molar-refractivity contribution < 1.29 is 8.78 Å². The standard InChI is InChI=1S/C13H16F2N2/c1-4-13(2,3)8-17-12-10(14)5-9(7-16)6-11(12)15/h5-6,17H,4,8H2,1-3H3. The highest BCUT2D eigenvalue weighted by molar-refractivity contribution is 5.50. The van der Waals surface area contributed by atoms with Crippen molar-refractivity contribution in [1.29, 1.82) is 5.26 Å². The van der Waals surface area contributed by atoms with Gasteiger partial charge in [0.2, 0.25) is 0 Å². The fraction of sp³-hybridized carbons (Fsp3) is 0.462. The van der Waals surface area contributed by atoms with Crippen LogP contribution < -0.4 is 5.32 Å². The second-order valence-corrected chi connectivity index (χ2v) is 4.80. The first kappa shape index (κ1) is 13.4. The molecule has 0 saturated heterocycles. The Morgan fingerprint density at radius 1 is 1.29 bits per heavy atom. The Balaban J connectivity index is 2.90. The molecule has 17 heavy (non-hydrogen) atoms. The number of anilines is 1. The van der Waals surface area contributed by atoms with Crippen LogP contribution in [0.15, 0.2) is 12.1 Å². The van der Waals surface area contributed by atoms with Crippen molar-refractivity contribution in [1.82, 2.24) is 0 Å². The molecule has 1 rings (SSSR count). The van der Waals surface area contributed by atoms with Gasteiger partial charge in [-0.3, -0.25) is 0 Å². The first-order valence-electron chi connectivity index (χ1n) is 5.52. The van der Waals surface area contributed by atoms with Crippen molar-refractivity contribution in [2.45, 2.75) is 27.2 Å². The summed E-state index contributed by atoms with van der Waals surface area (Å²) in [7, 11) is 0. The Morgan fingerprint density at radius 3 is 2.24 bits per heavy atom. The molecular weight excluding hydrogens is 222 g/mol. The minimum atomic E-state index is -0.728. The average molecular weight is 238 g/mol. The van der Waals surface area contributed by atoms with Crippen molar-refractivity contribution in [3.05, 3.63) is 29.3 Å². The van der Waals surface area contributed by atoms with Gasteiger partial charge in [-0.15, -0.1) is 0 Å². The van der Waals surface area contributed by atoms with Crippen LogP contribution in [0, 0.1) is 28.4 Å². The molecule has 0 amide bonds. The monoisotopic (exact) mass is 238 g/mol. The van der Waals surface area contributed by atoms with Gasteiger partial charge in [0.25, 0.3) is 0 Å². The predicted octanol–water partition coefficient (Wildman–Crippen LogP) is 3.68. The van der Waals surface area contributed by atoms with E-state index in [1.54, 1.807) is 6.07 Å². The van der Waals surface area contributed by atoms with E-state index in [2.05, 4.69) is 5.32 Å². The summed E-state index contributed by atoms with van der Waals surface area (Å²) in [6.07, 6.45) is 0.902. The molecule has 0 radical (unpaired) electrons. The lowest BCUT2D eigenvalue weighted by Gasteiger charge is -2.23. The number of nitrogens with one attached hydrogen (secondary N) is 1. The molecule has 0 aliphatic carbocycles. The van der Waals surface area contributed by atoms with Crippen LogP contribution in [-0.2, 0) is 0 Å². The Bertz CT molecular complexity index is 424. The molecular formula is C13H16F2N2. The lowest BCUT2D eigenvalue weighted by Crippen LogP contribution is -2.23. The van der Waals surface area contributed by atoms with E-state index in [9.17, 15) is 8.78 Å². The van der Waals surface area contributed by atoms with Crippen molar-refractivity contribution >= 4 is 5.69 Å². The molecule has 4 heteroatoms. The molecule has 0 fully saturated rings. The number of hydrogen-bond acceptors (Lipinski definition) is 2. The van der Waals surface area contributed by atoms with Crippen molar-refractivity contribution in [2.75, 3.05) is 11.9 Å². The van der Waals surface area contributed by atoms with E-state index >= 15 is 0 Å². The molecule has 1 N–H and O–H groups in total. The molecule has 1 aromatic rings. The van der Waals surface area contributed by atoms with Crippen LogP contribution >= 0.6 is 0 Å². The van der Waals surface area contributed by atoms with E-state index in [1.807, 2.05) is 20.8 Å². The number of nitrogens with zero attached hydrogens (tertiary/aromatic N) is 1. The first-order chi connectivity index (χ1) is 7.89. The maximum atomic E-state index is 13.5. The molecule has 0 heterocycles. The normalized spacial score (nSPS) is 11.1. The minimum Gasteiger partial charge on any atom is -0.380 e. The molecule has 0 saturated carbocycles. The first-order valence-corrected chi connectivity index (χ1v) is 5.52. The van der Waals surface area contributed by atoms with E-state index in [0.29, 0.717) is 6.54 Å². The zero-order chi connectivity index (χ0) is 13.1. The van der Waals surface area contributed by atoms with Crippen LogP contribution in [0.25, 0.3) is 0 Å². The van der Waals surface area contributed by atoms with E-state index in [-0.39, 0.29) is 16.7 Å². The Morgan fingerprint density at radius 2 is 1.82 bits per heavy atom. The van der Waals surface area contributed by atoms with Crippen molar-refractivity contribution in [3.8, 4) is 6.07 Å². The number of halogens is 2. The van der Waals surface area contributed by atoms with Gasteiger partial charge in [-0.1, -0.05) is 20.8 Å². The summed E-state index contributed by atoms with van der Waals surface area (Å²) in [4.78, 5) is 0. The van der Waals surface area contributed by atoms with E-state index in [0.717, 1.165) is 18.6 Å². The largest absolute Gasteiger partial charge is 0.380 e. The van der Waals surface area contributed by atoms with Crippen LogP contribution in [-0.4, -0.2) is 6.54 Å². The maximum absolute atomic E-state index is 13.5. The van der Waals surface area contributed by atoms with Crippen molar-refractivity contribution in [2.24, 2.45) is 5.41 Å². The van der Waals surface area contributed by atoms with E-state index in [4.69, 9.17) is 5.26 Å². The second kappa shape index (κ2) is 5.13. The predicted molar refractivity (Wildman–Crippen MR) is 63.6 cm³/mol. The summed E-state index contributed by atoms with van der Waals surface area (Å²) >= 11 is 0. The van der Waals surface area contributed by atoms with Crippen LogP contribution in [0.5, 0.6) is 0 Å². The zero-order valence-corrected chi connectivity index (χ0v) is 10.3. The average Bonchev–Trinajstić information content (AvgIpc) is 2.27. The third-order valence-electron chi connectivity index (χ3n) is 2.87. The lowest BCUT2D eigenvalue weighted by atomic mass is 9.90. The number of rotatable bonds is 4. The van der Waals surface area contributed by atoms with Gasteiger partial charge in [-0.2, -0.15) is 5.26 Å². The summed E-state index contributed by atoms with van der Waals surface area (Å²) in [5.74, 6) is -1.46. The fourth-order valence-electron chi connectivity index (χ4n) is 1.26. The summed E-state index contributed by atoms with van der Waals surface area (Å²) in [5.41, 5.74) is -0.210. The van der Waals surface area contributed by atoms with Gasteiger partial charge in [-0.05, 0) is 24.0 Å². The summed E-state index contributed by atoms with van der Waals surface area (Å²) in [5, 5.41) is 11.3. The summed E-state index contributed by atoms with van der Waals surface area (Å²) in [6.45, 7) is 6.52. The van der Waals surface area contributed by atoms with Gasteiger partial charge in [0.15, 0.2) is 11.6 Å². The highest BCUT2D eigenvalue weighted by Gasteiger charge is 2.17. The SMILES string of the molecule is CCC(C)(C)CNc1c(F)cc(C#N)cc1F. The molecule has 2 nitrogen and oxygen atoms in total. The van der Waals surface area contributed by atoms with Crippen LogP contribution in [0.2, 0.25) is 0 Å². The third-order valence-corrected chi connectivity index (χ3v) is 2.87. The maximum Gasteiger partial charge on any atom is 0.150 e. The van der Waals surface area contributed by atoms with Gasteiger partial charge in [-0.25, -0.2) is 8.78 Å². The van der Waals surface area contributed by atoms with Crippen LogP contribution in [0.3, 0.4) is 0 Å². The number of benzene rings is 1. The molecule has 0 spiro atoms. The summed E-state index contributed by atoms with van der Waals surface area (Å²) < 4.78 is 27.0. The van der Waals surface area contributed by atoms with E-state index < -0.39 is 11.6 Å². The summed E-state index contributed by atoms with van der Waals surface area (Å²) in [6, 6.07) is 3.78. The smallest absolute Gasteiger partial charge is 0.150 e. The molecule has 0 aliphatic heterocycles. The van der Waals surface area contributed by atoms with Gasteiger partial charge in [0, 0.05) is 6.54 Å². The topological polar surface area (TPSA) is 35.8 Å². The molecule has 92 valence electrons. The van der Waals surface area contributed by atoms with Gasteiger partial charge in [0.05, 0.1) is 11.6 Å². The third kappa shape index (κ3) is 3.42. The molecule has 0 unspecified atom stereocenters. The van der Waals surface area contributed by atoms with Gasteiger partial charge < -0.3 is 5.32 Å². The molecule has 1 aromatic carbocycles. The molecule has 0 aliphatic rings. The number of nitriles is 1. The van der Waals surface area contributed by atoms with Crippen LogP contribution in [0.4, 0.5) is 14.5 Å².